The Hall–Kier alpha value is -4.73. The van der Waals surface area contributed by atoms with Crippen molar-refractivity contribution in [2.24, 2.45) is 0 Å². The molecule has 5 aromatic rings. The lowest BCUT2D eigenvalue weighted by atomic mass is 9.96. The van der Waals surface area contributed by atoms with Gasteiger partial charge in [-0.3, -0.25) is 0 Å². The summed E-state index contributed by atoms with van der Waals surface area (Å²) >= 11 is 0. The number of alkyl halides is 2. The van der Waals surface area contributed by atoms with Crippen molar-refractivity contribution < 1.29 is 44.3 Å². The largest absolute Gasteiger partial charge is 0.432 e. The first-order valence-electron chi connectivity index (χ1n) is 13.3. The van der Waals surface area contributed by atoms with Crippen molar-refractivity contribution in [1.29, 1.82) is 0 Å². The quantitative estimate of drug-likeness (QED) is 0.125. The Kier molecular flexibility index (Phi) is 8.45. The molecule has 0 heterocycles. The van der Waals surface area contributed by atoms with Crippen LogP contribution < -0.4 is 4.74 Å². The fourth-order valence-corrected chi connectivity index (χ4v) is 4.79. The lowest BCUT2D eigenvalue weighted by molar-refractivity contribution is -0.189. The minimum absolute atomic E-state index is 0.0555. The summed E-state index contributed by atoms with van der Waals surface area (Å²) in [6.07, 6.45) is -2.89. The van der Waals surface area contributed by atoms with Crippen molar-refractivity contribution in [2.45, 2.75) is 25.9 Å². The van der Waals surface area contributed by atoms with Crippen LogP contribution in [0.5, 0.6) is 5.75 Å². The molecule has 5 aromatic carbocycles. The molecule has 0 saturated carbocycles. The molecule has 0 spiro atoms. The molecule has 0 atom stereocenters. The first-order valence-corrected chi connectivity index (χ1v) is 13.3. The monoisotopic (exact) mass is 616 g/mol. The predicted molar refractivity (Wildman–Crippen MR) is 147 cm³/mol. The van der Waals surface area contributed by atoms with Crippen LogP contribution in [0.3, 0.4) is 0 Å². The minimum Gasteiger partial charge on any atom is -0.429 e. The van der Waals surface area contributed by atoms with Crippen LogP contribution in [0.15, 0.2) is 84.9 Å². The molecule has 0 bridgehead atoms. The van der Waals surface area contributed by atoms with E-state index < -0.39 is 63.7 Å². The van der Waals surface area contributed by atoms with E-state index in [1.807, 2.05) is 24.3 Å². The smallest absolute Gasteiger partial charge is 0.429 e. The Labute approximate surface area is 246 Å². The normalized spacial score (nSPS) is 11.6. The molecule has 0 radical (unpaired) electrons. The highest BCUT2D eigenvalue weighted by molar-refractivity contribution is 5.74. The first-order chi connectivity index (χ1) is 20.9. The van der Waals surface area contributed by atoms with Gasteiger partial charge in [-0.15, -0.1) is 0 Å². The van der Waals surface area contributed by atoms with Gasteiger partial charge in [-0.1, -0.05) is 61.9 Å². The van der Waals surface area contributed by atoms with Crippen LogP contribution in [0.25, 0.3) is 33.4 Å². The van der Waals surface area contributed by atoms with Crippen LogP contribution in [0.4, 0.5) is 39.5 Å². The number of ether oxygens (including phenoxy) is 1. The van der Waals surface area contributed by atoms with E-state index in [2.05, 4.69) is 11.7 Å². The molecule has 0 N–H and O–H groups in total. The highest BCUT2D eigenvalue weighted by Crippen LogP contribution is 2.39. The van der Waals surface area contributed by atoms with E-state index in [4.69, 9.17) is 0 Å². The van der Waals surface area contributed by atoms with Crippen molar-refractivity contribution >= 4 is 0 Å². The molecule has 0 aliphatic rings. The average Bonchev–Trinajstić information content (AvgIpc) is 2.95. The second-order valence-electron chi connectivity index (χ2n) is 9.97. The van der Waals surface area contributed by atoms with Gasteiger partial charge in [0, 0.05) is 23.3 Å². The summed E-state index contributed by atoms with van der Waals surface area (Å²) in [6.45, 7) is 2.07. The zero-order valence-corrected chi connectivity index (χ0v) is 22.8. The maximum absolute atomic E-state index is 15.1. The molecule has 0 unspecified atom stereocenters. The molecule has 0 aromatic heterocycles. The van der Waals surface area contributed by atoms with E-state index in [9.17, 15) is 30.7 Å². The third kappa shape index (κ3) is 6.15. The summed E-state index contributed by atoms with van der Waals surface area (Å²) < 4.78 is 133. The average molecular weight is 617 g/mol. The van der Waals surface area contributed by atoms with Gasteiger partial charge in [0.1, 0.15) is 34.6 Å². The van der Waals surface area contributed by atoms with Crippen molar-refractivity contribution in [3.63, 3.8) is 0 Å². The van der Waals surface area contributed by atoms with E-state index in [0.29, 0.717) is 17.7 Å². The van der Waals surface area contributed by atoms with E-state index in [1.165, 1.54) is 18.2 Å². The van der Waals surface area contributed by atoms with Gasteiger partial charge in [0.2, 0.25) is 0 Å². The van der Waals surface area contributed by atoms with Gasteiger partial charge in [0.25, 0.3) is 0 Å². The Morgan fingerprint density at radius 3 is 1.55 bits per heavy atom. The second-order valence-corrected chi connectivity index (χ2v) is 9.97. The Balaban J connectivity index is 1.41. The van der Waals surface area contributed by atoms with Crippen molar-refractivity contribution in [2.75, 3.05) is 0 Å². The lowest BCUT2D eigenvalue weighted by Gasteiger charge is -2.20. The summed E-state index contributed by atoms with van der Waals surface area (Å²) in [4.78, 5) is 0. The molecule has 10 heteroatoms. The van der Waals surface area contributed by atoms with Crippen LogP contribution in [-0.2, 0) is 12.5 Å². The molecule has 1 nitrogen and oxygen atoms in total. The zero-order valence-electron chi connectivity index (χ0n) is 22.8. The maximum Gasteiger partial charge on any atom is 0.432 e. The second kappa shape index (κ2) is 12.1. The summed E-state index contributed by atoms with van der Waals surface area (Å²) in [5, 5.41) is 0. The molecule has 5 rings (SSSR count). The number of aryl methyl sites for hydroxylation is 1. The van der Waals surface area contributed by atoms with E-state index in [1.54, 1.807) is 6.07 Å². The molecular weight excluding hydrogens is 595 g/mol. The summed E-state index contributed by atoms with van der Waals surface area (Å²) in [7, 11) is 0. The Bertz CT molecular complexity index is 1800. The SMILES string of the molecule is CCCc1ccc(-c2ccc(-c3ccc(-c4cc(F)c(C(F)(F)Oc5cc(F)c(F)c(F)c5)c(F)c4)c(F)c3)c(F)c2)cc1. The molecule has 0 fully saturated rings. The van der Waals surface area contributed by atoms with Gasteiger partial charge in [-0.2, -0.15) is 8.78 Å². The summed E-state index contributed by atoms with van der Waals surface area (Å²) in [5.41, 5.74) is -0.0571. The maximum atomic E-state index is 15.1. The summed E-state index contributed by atoms with van der Waals surface area (Å²) in [6, 6.07) is 16.4. The van der Waals surface area contributed by atoms with E-state index in [-0.39, 0.29) is 28.8 Å². The van der Waals surface area contributed by atoms with Gasteiger partial charge < -0.3 is 4.74 Å². The van der Waals surface area contributed by atoms with Gasteiger partial charge in [0.15, 0.2) is 17.5 Å². The predicted octanol–water partition coefficient (Wildman–Crippen LogP) is 10.7. The lowest BCUT2D eigenvalue weighted by Crippen LogP contribution is -2.25. The molecule has 44 heavy (non-hydrogen) atoms. The molecular formula is C34H21F9O. The highest BCUT2D eigenvalue weighted by Gasteiger charge is 2.41. The zero-order chi connectivity index (χ0) is 31.8. The number of rotatable bonds is 8. The number of hydrogen-bond donors (Lipinski definition) is 0. The van der Waals surface area contributed by atoms with Crippen LogP contribution in [0, 0.1) is 40.7 Å². The van der Waals surface area contributed by atoms with Gasteiger partial charge >= 0.3 is 6.11 Å². The molecule has 226 valence electrons. The van der Waals surface area contributed by atoms with Crippen LogP contribution in [0.1, 0.15) is 24.5 Å². The summed E-state index contributed by atoms with van der Waals surface area (Å²) in [5.74, 6) is -12.3. The minimum atomic E-state index is -4.80. The third-order valence-corrected chi connectivity index (χ3v) is 6.92. The van der Waals surface area contributed by atoms with Gasteiger partial charge in [-0.05, 0) is 58.5 Å². The van der Waals surface area contributed by atoms with Crippen molar-refractivity contribution in [3.8, 4) is 39.1 Å². The fourth-order valence-electron chi connectivity index (χ4n) is 4.79. The highest BCUT2D eigenvalue weighted by atomic mass is 19.3. The number of hydrogen-bond acceptors (Lipinski definition) is 1. The van der Waals surface area contributed by atoms with Crippen LogP contribution >= 0.6 is 0 Å². The van der Waals surface area contributed by atoms with E-state index in [0.717, 1.165) is 36.1 Å². The van der Waals surface area contributed by atoms with Gasteiger partial charge in [0.05, 0.1) is 0 Å². The standard InChI is InChI=1S/C34H21F9O/c1-2-3-18-4-6-19(7-5-18)20-8-10-24(26(35)12-20)21-9-11-25(27(36)13-21)22-14-28(37)32(29(38)15-22)34(42,43)44-23-16-30(39)33(41)31(40)17-23/h4-17H,2-3H2,1H3. The Morgan fingerprint density at radius 1 is 0.523 bits per heavy atom. The van der Waals surface area contributed by atoms with Crippen LogP contribution in [0.2, 0.25) is 0 Å². The molecule has 0 saturated heterocycles. The molecule has 0 aliphatic heterocycles. The van der Waals surface area contributed by atoms with Crippen molar-refractivity contribution in [3.05, 3.63) is 137 Å². The van der Waals surface area contributed by atoms with Crippen LogP contribution in [-0.4, -0.2) is 0 Å². The van der Waals surface area contributed by atoms with E-state index >= 15 is 8.78 Å². The Morgan fingerprint density at radius 2 is 1.00 bits per heavy atom. The molecule has 0 aliphatic carbocycles. The van der Waals surface area contributed by atoms with Crippen molar-refractivity contribution in [1.82, 2.24) is 0 Å². The molecule has 0 amide bonds. The fraction of sp³-hybridized carbons (Fsp3) is 0.118. The topological polar surface area (TPSA) is 9.23 Å². The third-order valence-electron chi connectivity index (χ3n) is 6.92. The first kappa shape index (κ1) is 30.7. The number of halogens is 9. The number of benzene rings is 5. The van der Waals surface area contributed by atoms with Gasteiger partial charge in [-0.25, -0.2) is 30.7 Å².